The summed E-state index contributed by atoms with van der Waals surface area (Å²) in [6.45, 7) is 0. The van der Waals surface area contributed by atoms with Gasteiger partial charge < -0.3 is 4.74 Å². The van der Waals surface area contributed by atoms with Crippen LogP contribution in [0.15, 0.2) is 42.5 Å². The van der Waals surface area contributed by atoms with E-state index in [1.807, 2.05) is 18.2 Å². The molecule has 2 nitrogen and oxygen atoms in total. The third kappa shape index (κ3) is 3.75. The van der Waals surface area contributed by atoms with Gasteiger partial charge in [-0.05, 0) is 29.8 Å². The molecule has 104 valence electrons. The zero-order chi connectivity index (χ0) is 14.5. The first-order chi connectivity index (χ1) is 9.60. The highest BCUT2D eigenvalue weighted by molar-refractivity contribution is 6.31. The average Bonchev–Trinajstić information content (AvgIpc) is 2.41. The van der Waals surface area contributed by atoms with Crippen LogP contribution in [0.2, 0.25) is 10.0 Å². The van der Waals surface area contributed by atoms with Crippen LogP contribution in [0.5, 0.6) is 5.75 Å². The number of ether oxygens (including phenoxy) is 1. The summed E-state index contributed by atoms with van der Waals surface area (Å²) >= 11 is 12.0. The number of methoxy groups -OCH3 is 1. The van der Waals surface area contributed by atoms with Crippen LogP contribution >= 0.6 is 23.2 Å². The lowest BCUT2D eigenvalue weighted by molar-refractivity contribution is -0.117. The van der Waals surface area contributed by atoms with Crippen molar-refractivity contribution in [3.63, 3.8) is 0 Å². The van der Waals surface area contributed by atoms with Crippen LogP contribution in [0.3, 0.4) is 0 Å². The number of carbonyl (C=O) groups is 1. The Morgan fingerprint density at radius 1 is 1.05 bits per heavy atom. The molecule has 0 unspecified atom stereocenters. The van der Waals surface area contributed by atoms with Gasteiger partial charge in [-0.3, -0.25) is 4.79 Å². The Morgan fingerprint density at radius 2 is 1.75 bits per heavy atom. The van der Waals surface area contributed by atoms with Gasteiger partial charge in [-0.15, -0.1) is 0 Å². The summed E-state index contributed by atoms with van der Waals surface area (Å²) in [5, 5.41) is 1.20. The van der Waals surface area contributed by atoms with E-state index in [0.717, 1.165) is 11.1 Å². The molecule has 0 saturated heterocycles. The van der Waals surface area contributed by atoms with E-state index in [2.05, 4.69) is 0 Å². The highest BCUT2D eigenvalue weighted by Gasteiger charge is 2.11. The van der Waals surface area contributed by atoms with Crippen LogP contribution in [0.1, 0.15) is 11.1 Å². The summed E-state index contributed by atoms with van der Waals surface area (Å²) in [5.74, 6) is 0.737. The number of hydrogen-bond acceptors (Lipinski definition) is 2. The lowest BCUT2D eigenvalue weighted by atomic mass is 10.0. The van der Waals surface area contributed by atoms with Crippen molar-refractivity contribution < 1.29 is 9.53 Å². The SMILES string of the molecule is COc1ccc(Cl)cc1CC(=O)Cc1ccccc1Cl. The number of rotatable bonds is 5. The molecule has 2 aromatic rings. The van der Waals surface area contributed by atoms with Crippen LogP contribution in [-0.2, 0) is 17.6 Å². The number of halogens is 2. The number of hydrogen-bond donors (Lipinski definition) is 0. The Balaban J connectivity index is 2.12. The number of benzene rings is 2. The molecular weight excluding hydrogens is 295 g/mol. The molecule has 0 saturated carbocycles. The first-order valence-electron chi connectivity index (χ1n) is 6.17. The summed E-state index contributed by atoms with van der Waals surface area (Å²) in [4.78, 5) is 12.2. The molecule has 20 heavy (non-hydrogen) atoms. The molecule has 0 aliphatic heterocycles. The number of Topliss-reactive ketones (excluding diaryl/α,β-unsaturated/α-hetero) is 1. The lowest BCUT2D eigenvalue weighted by Gasteiger charge is -2.09. The molecule has 2 aromatic carbocycles. The molecule has 0 radical (unpaired) electrons. The minimum atomic E-state index is 0.0682. The number of ketones is 1. The molecule has 4 heteroatoms. The molecular formula is C16H14Cl2O2. The second-order valence-electron chi connectivity index (χ2n) is 4.44. The Bertz CT molecular complexity index is 624. The Kier molecular flexibility index (Phi) is 5.05. The lowest BCUT2D eigenvalue weighted by Crippen LogP contribution is -2.08. The van der Waals surface area contributed by atoms with E-state index in [1.54, 1.807) is 31.4 Å². The smallest absolute Gasteiger partial charge is 0.141 e. The molecule has 0 aliphatic carbocycles. The first-order valence-corrected chi connectivity index (χ1v) is 6.93. The van der Waals surface area contributed by atoms with Crippen molar-refractivity contribution in [2.45, 2.75) is 12.8 Å². The minimum Gasteiger partial charge on any atom is -0.496 e. The van der Waals surface area contributed by atoms with Crippen LogP contribution in [0.4, 0.5) is 0 Å². The molecule has 0 atom stereocenters. The highest BCUT2D eigenvalue weighted by atomic mass is 35.5. The summed E-state index contributed by atoms with van der Waals surface area (Å²) in [6.07, 6.45) is 0.574. The average molecular weight is 309 g/mol. The first kappa shape index (κ1) is 14.9. The molecule has 0 aliphatic rings. The van der Waals surface area contributed by atoms with Gasteiger partial charge in [0.25, 0.3) is 0 Å². The molecule has 0 bridgehead atoms. The van der Waals surface area contributed by atoms with Gasteiger partial charge in [0.05, 0.1) is 7.11 Å². The molecule has 2 rings (SSSR count). The van der Waals surface area contributed by atoms with E-state index < -0.39 is 0 Å². The maximum atomic E-state index is 12.2. The largest absolute Gasteiger partial charge is 0.496 e. The van der Waals surface area contributed by atoms with Gasteiger partial charge in [0.2, 0.25) is 0 Å². The Morgan fingerprint density at radius 3 is 2.45 bits per heavy atom. The third-order valence-corrected chi connectivity index (χ3v) is 3.58. The fraction of sp³-hybridized carbons (Fsp3) is 0.188. The number of carbonyl (C=O) groups excluding carboxylic acids is 1. The summed E-state index contributed by atoms with van der Waals surface area (Å²) in [5.41, 5.74) is 1.62. The van der Waals surface area contributed by atoms with E-state index in [0.29, 0.717) is 22.2 Å². The Labute approximate surface area is 128 Å². The van der Waals surface area contributed by atoms with Gasteiger partial charge in [-0.25, -0.2) is 0 Å². The van der Waals surface area contributed by atoms with Gasteiger partial charge in [0.1, 0.15) is 11.5 Å². The standard InChI is InChI=1S/C16H14Cl2O2/c1-20-16-7-6-13(17)8-12(16)10-14(19)9-11-4-2-3-5-15(11)18/h2-8H,9-10H2,1H3. The van der Waals surface area contributed by atoms with Gasteiger partial charge in [0, 0.05) is 28.5 Å². The van der Waals surface area contributed by atoms with Gasteiger partial charge in [0.15, 0.2) is 0 Å². The predicted octanol–water partition coefficient (Wildman–Crippen LogP) is 4.36. The van der Waals surface area contributed by atoms with Crippen molar-refractivity contribution in [3.8, 4) is 5.75 Å². The van der Waals surface area contributed by atoms with E-state index in [-0.39, 0.29) is 12.2 Å². The quantitative estimate of drug-likeness (QED) is 0.820. The molecule has 0 aromatic heterocycles. The third-order valence-electron chi connectivity index (χ3n) is 2.98. The van der Waals surface area contributed by atoms with Crippen molar-refractivity contribution in [2.75, 3.05) is 7.11 Å². The highest BCUT2D eigenvalue weighted by Crippen LogP contribution is 2.24. The van der Waals surface area contributed by atoms with Crippen LogP contribution in [-0.4, -0.2) is 12.9 Å². The second kappa shape index (κ2) is 6.78. The summed E-state index contributed by atoms with van der Waals surface area (Å²) in [6, 6.07) is 12.6. The minimum absolute atomic E-state index is 0.0682. The molecule has 0 heterocycles. The van der Waals surface area contributed by atoms with Gasteiger partial charge >= 0.3 is 0 Å². The maximum Gasteiger partial charge on any atom is 0.141 e. The van der Waals surface area contributed by atoms with Crippen molar-refractivity contribution in [3.05, 3.63) is 63.6 Å². The van der Waals surface area contributed by atoms with E-state index >= 15 is 0 Å². The fourth-order valence-corrected chi connectivity index (χ4v) is 2.41. The van der Waals surface area contributed by atoms with E-state index in [9.17, 15) is 4.79 Å². The summed E-state index contributed by atoms with van der Waals surface area (Å²) < 4.78 is 5.24. The van der Waals surface area contributed by atoms with Crippen molar-refractivity contribution in [1.82, 2.24) is 0 Å². The zero-order valence-electron chi connectivity index (χ0n) is 11.0. The molecule has 0 fully saturated rings. The summed E-state index contributed by atoms with van der Waals surface area (Å²) in [7, 11) is 1.57. The topological polar surface area (TPSA) is 26.3 Å². The van der Waals surface area contributed by atoms with E-state index in [4.69, 9.17) is 27.9 Å². The van der Waals surface area contributed by atoms with Crippen molar-refractivity contribution >= 4 is 29.0 Å². The molecule has 0 amide bonds. The van der Waals surface area contributed by atoms with Crippen molar-refractivity contribution in [2.24, 2.45) is 0 Å². The normalized spacial score (nSPS) is 10.3. The van der Waals surface area contributed by atoms with Crippen LogP contribution < -0.4 is 4.74 Å². The van der Waals surface area contributed by atoms with E-state index in [1.165, 1.54) is 0 Å². The fourth-order valence-electron chi connectivity index (χ4n) is 2.01. The molecule has 0 N–H and O–H groups in total. The molecule has 0 spiro atoms. The second-order valence-corrected chi connectivity index (χ2v) is 5.28. The maximum absolute atomic E-state index is 12.2. The van der Waals surface area contributed by atoms with Gasteiger partial charge in [-0.2, -0.15) is 0 Å². The predicted molar refractivity (Wildman–Crippen MR) is 81.9 cm³/mol. The zero-order valence-corrected chi connectivity index (χ0v) is 12.5. The van der Waals surface area contributed by atoms with Crippen LogP contribution in [0, 0.1) is 0 Å². The Hall–Kier alpha value is -1.51. The monoisotopic (exact) mass is 308 g/mol. The van der Waals surface area contributed by atoms with Crippen molar-refractivity contribution in [1.29, 1.82) is 0 Å². The van der Waals surface area contributed by atoms with Crippen LogP contribution in [0.25, 0.3) is 0 Å². The van der Waals surface area contributed by atoms with Gasteiger partial charge in [-0.1, -0.05) is 41.4 Å².